The molecule has 0 unspecified atom stereocenters. The molecule has 0 bridgehead atoms. The molecule has 0 N–H and O–H groups in total. The number of rotatable bonds is 4. The average molecular weight is 263 g/mol. The van der Waals surface area contributed by atoms with Crippen LogP contribution < -0.4 is 0 Å². The third kappa shape index (κ3) is 3.65. The van der Waals surface area contributed by atoms with Crippen molar-refractivity contribution >= 4 is 11.0 Å². The Morgan fingerprint density at radius 2 is 1.72 bits per heavy atom. The van der Waals surface area contributed by atoms with E-state index in [0.29, 0.717) is 6.42 Å². The van der Waals surface area contributed by atoms with Gasteiger partial charge in [0.05, 0.1) is 6.61 Å². The first-order valence-electron chi connectivity index (χ1n) is 5.52. The molecule has 5 heteroatoms. The maximum absolute atomic E-state index is 9.99. The second-order valence-electron chi connectivity index (χ2n) is 3.75. The molecule has 0 saturated carbocycles. The van der Waals surface area contributed by atoms with Crippen molar-refractivity contribution in [2.45, 2.75) is 6.42 Å². The van der Waals surface area contributed by atoms with Gasteiger partial charge in [-0.05, 0) is 29.2 Å². The molecule has 1 aromatic rings. The van der Waals surface area contributed by atoms with Crippen LogP contribution in [0.4, 0.5) is 0 Å². The summed E-state index contributed by atoms with van der Waals surface area (Å²) in [4.78, 5) is 3.88. The van der Waals surface area contributed by atoms with Gasteiger partial charge in [0.15, 0.2) is 0 Å². The zero-order valence-electron chi connectivity index (χ0n) is 9.65. The van der Waals surface area contributed by atoms with Crippen molar-refractivity contribution in [3.8, 4) is 11.1 Å². The highest BCUT2D eigenvalue weighted by molar-refractivity contribution is 7.67. The minimum atomic E-state index is -2.72. The zero-order valence-corrected chi connectivity index (χ0v) is 10.5. The van der Waals surface area contributed by atoms with E-state index in [4.69, 9.17) is 0 Å². The molecule has 0 atom stereocenters. The van der Waals surface area contributed by atoms with Gasteiger partial charge in [0, 0.05) is 12.4 Å². The van der Waals surface area contributed by atoms with E-state index in [-0.39, 0.29) is 6.61 Å². The predicted octanol–water partition coefficient (Wildman–Crippen LogP) is 1.83. The molecular formula is C13H13NO3S. The molecule has 0 radical (unpaired) electrons. The van der Waals surface area contributed by atoms with E-state index in [0.717, 1.165) is 5.56 Å². The number of hydrogen-bond acceptors (Lipinski definition) is 4. The topological polar surface area (TPSA) is 56.3 Å². The van der Waals surface area contributed by atoms with E-state index >= 15 is 0 Å². The monoisotopic (exact) mass is 263 g/mol. The largest absolute Gasteiger partial charge is 0.272 e. The quantitative estimate of drug-likeness (QED) is 0.730. The number of nitrogens with zero attached hydrogens (tertiary/aromatic N) is 1. The first kappa shape index (κ1) is 12.7. The Labute approximate surface area is 107 Å². The van der Waals surface area contributed by atoms with Crippen molar-refractivity contribution in [1.82, 2.24) is 4.98 Å². The lowest BCUT2D eigenvalue weighted by atomic mass is 9.95. The summed E-state index contributed by atoms with van der Waals surface area (Å²) in [6, 6.07) is 12.1. The molecule has 1 aromatic heterocycles. The molecule has 94 valence electrons. The van der Waals surface area contributed by atoms with Crippen LogP contribution in [0.15, 0.2) is 48.8 Å². The standard InChI is InChI=1S/C7H9NO3S.C6H4/c9-12(10)11-5-3-7-2-1-4-8-6-7;1-2-6-4-3-5(1)6/h1-2,4,6,12H,3,5H2;1-4H. The Morgan fingerprint density at radius 1 is 1.06 bits per heavy atom. The van der Waals surface area contributed by atoms with Crippen molar-refractivity contribution in [3.63, 3.8) is 0 Å². The number of aromatic nitrogens is 1. The SMILES string of the molecule is O=[SH](=O)OCCc1cccnc1.c1cc2ccc1-2. The van der Waals surface area contributed by atoms with Gasteiger partial charge in [-0.15, -0.1) is 0 Å². The lowest BCUT2D eigenvalue weighted by Gasteiger charge is -2.10. The molecular weight excluding hydrogens is 250 g/mol. The van der Waals surface area contributed by atoms with Gasteiger partial charge in [0.1, 0.15) is 0 Å². The number of benzene rings is 1. The zero-order chi connectivity index (χ0) is 12.8. The molecule has 18 heavy (non-hydrogen) atoms. The Kier molecular flexibility index (Phi) is 4.44. The average Bonchev–Trinajstić information content (AvgIpc) is 2.35. The summed E-state index contributed by atoms with van der Waals surface area (Å²) in [6.07, 6.45) is 3.91. The van der Waals surface area contributed by atoms with E-state index in [1.54, 1.807) is 18.5 Å². The fourth-order valence-electron chi connectivity index (χ4n) is 1.45. The first-order valence-corrected chi connectivity index (χ1v) is 6.62. The highest BCUT2D eigenvalue weighted by Crippen LogP contribution is 2.29. The number of fused-ring (bicyclic) bond motifs is 1. The molecule has 0 amide bonds. The Hall–Kier alpha value is -1.72. The van der Waals surface area contributed by atoms with Crippen LogP contribution in [0.25, 0.3) is 11.1 Å². The lowest BCUT2D eigenvalue weighted by molar-refractivity contribution is 0.337. The summed E-state index contributed by atoms with van der Waals surface area (Å²) in [5.41, 5.74) is 3.82. The fraction of sp³-hybridized carbons (Fsp3) is 0.154. The second-order valence-corrected chi connectivity index (χ2v) is 4.45. The summed E-state index contributed by atoms with van der Waals surface area (Å²) in [5, 5.41) is 0. The first-order chi connectivity index (χ1) is 8.75. The van der Waals surface area contributed by atoms with Crippen molar-refractivity contribution in [2.24, 2.45) is 0 Å². The maximum Gasteiger partial charge on any atom is 0.257 e. The van der Waals surface area contributed by atoms with Gasteiger partial charge in [0.2, 0.25) is 0 Å². The molecule has 3 rings (SSSR count). The van der Waals surface area contributed by atoms with Gasteiger partial charge in [-0.3, -0.25) is 9.17 Å². The van der Waals surface area contributed by atoms with Crippen LogP contribution in [0.3, 0.4) is 0 Å². The number of hydrogen-bond donors (Lipinski definition) is 1. The summed E-state index contributed by atoms with van der Waals surface area (Å²) in [7, 11) is -2.72. The lowest BCUT2D eigenvalue weighted by Crippen LogP contribution is -1.96. The van der Waals surface area contributed by atoms with Crippen molar-refractivity contribution in [1.29, 1.82) is 0 Å². The van der Waals surface area contributed by atoms with Gasteiger partial charge in [-0.25, -0.2) is 8.42 Å². The van der Waals surface area contributed by atoms with Gasteiger partial charge >= 0.3 is 0 Å². The van der Waals surface area contributed by atoms with Crippen molar-refractivity contribution < 1.29 is 12.6 Å². The predicted molar refractivity (Wildman–Crippen MR) is 69.6 cm³/mol. The van der Waals surface area contributed by atoms with Crippen LogP contribution in [-0.2, 0) is 21.6 Å². The highest BCUT2D eigenvalue weighted by atomic mass is 32.2. The molecule has 0 aromatic carbocycles. The van der Waals surface area contributed by atoms with Gasteiger partial charge in [-0.2, -0.15) is 0 Å². The van der Waals surface area contributed by atoms with E-state index in [1.165, 1.54) is 11.1 Å². The summed E-state index contributed by atoms with van der Waals surface area (Å²) in [6.45, 7) is 0.185. The van der Waals surface area contributed by atoms with Crippen molar-refractivity contribution in [3.05, 3.63) is 54.4 Å². The normalized spacial score (nSPS) is 10.7. The molecule has 1 heterocycles. The van der Waals surface area contributed by atoms with Crippen LogP contribution in [0, 0.1) is 0 Å². The van der Waals surface area contributed by atoms with Gasteiger partial charge in [0.25, 0.3) is 11.0 Å². The molecule has 2 aliphatic carbocycles. The van der Waals surface area contributed by atoms with Crippen LogP contribution in [0.5, 0.6) is 0 Å². The summed E-state index contributed by atoms with van der Waals surface area (Å²) in [5.74, 6) is 0. The van der Waals surface area contributed by atoms with Crippen LogP contribution >= 0.6 is 0 Å². The molecule has 0 aliphatic heterocycles. The van der Waals surface area contributed by atoms with Gasteiger partial charge < -0.3 is 0 Å². The maximum atomic E-state index is 9.99. The van der Waals surface area contributed by atoms with E-state index < -0.39 is 11.0 Å². The number of pyridine rings is 1. The van der Waals surface area contributed by atoms with Crippen LogP contribution in [-0.4, -0.2) is 20.0 Å². The van der Waals surface area contributed by atoms with Crippen LogP contribution in [0.2, 0.25) is 0 Å². The Bertz CT molecular complexity index is 536. The van der Waals surface area contributed by atoms with E-state index in [1.807, 2.05) is 6.07 Å². The minimum Gasteiger partial charge on any atom is -0.272 e. The second kappa shape index (κ2) is 6.28. The van der Waals surface area contributed by atoms with Crippen LogP contribution in [0.1, 0.15) is 5.56 Å². The molecule has 0 saturated heterocycles. The highest BCUT2D eigenvalue weighted by Gasteiger charge is 2.03. The van der Waals surface area contributed by atoms with Gasteiger partial charge in [-0.1, -0.05) is 30.3 Å². The molecule has 0 spiro atoms. The minimum absolute atomic E-state index is 0.185. The Morgan fingerprint density at radius 3 is 2.11 bits per heavy atom. The molecule has 2 aliphatic rings. The smallest absolute Gasteiger partial charge is 0.257 e. The number of thiol groups is 1. The summed E-state index contributed by atoms with van der Waals surface area (Å²) < 4.78 is 24.3. The fourth-order valence-corrected chi connectivity index (χ4v) is 1.69. The third-order valence-electron chi connectivity index (χ3n) is 2.53. The third-order valence-corrected chi connectivity index (χ3v) is 2.92. The molecule has 4 nitrogen and oxygen atoms in total. The van der Waals surface area contributed by atoms with E-state index in [2.05, 4.69) is 33.4 Å². The molecule has 0 fully saturated rings. The summed E-state index contributed by atoms with van der Waals surface area (Å²) >= 11 is 0. The van der Waals surface area contributed by atoms with Crippen molar-refractivity contribution in [2.75, 3.05) is 6.61 Å². The van der Waals surface area contributed by atoms with E-state index in [9.17, 15) is 8.42 Å². The Balaban J connectivity index is 0.000000164.